The van der Waals surface area contributed by atoms with Gasteiger partial charge in [0.25, 0.3) is 0 Å². The molecule has 1 aromatic rings. The van der Waals surface area contributed by atoms with Crippen LogP contribution in [0.2, 0.25) is 0 Å². The Bertz CT molecular complexity index is 520. The molecule has 0 saturated heterocycles. The number of nitrogens with two attached hydrogens (primary N) is 1. The Kier molecular flexibility index (Phi) is 12.8. The maximum Gasteiger partial charge on any atom is 0.0329 e. The number of benzene rings is 1. The minimum absolute atomic E-state index is 0.130. The van der Waals surface area contributed by atoms with E-state index in [-0.39, 0.29) is 6.04 Å². The SMILES string of the molecule is C=C/C=C\C(=C(C)C)C1CCCC1C(N)c1ccccc1.CC.CC. The first-order chi connectivity index (χ1) is 12.1. The second-order valence-corrected chi connectivity index (χ2v) is 6.19. The van der Waals surface area contributed by atoms with Crippen LogP contribution in [0, 0.1) is 11.8 Å². The van der Waals surface area contributed by atoms with Crippen molar-refractivity contribution in [1.82, 2.24) is 0 Å². The molecular formula is C24H39N. The number of hydrogen-bond donors (Lipinski definition) is 1. The van der Waals surface area contributed by atoms with Crippen LogP contribution >= 0.6 is 0 Å². The van der Waals surface area contributed by atoms with Gasteiger partial charge in [0.1, 0.15) is 0 Å². The van der Waals surface area contributed by atoms with Gasteiger partial charge in [-0.25, -0.2) is 0 Å². The molecule has 2 rings (SSSR count). The monoisotopic (exact) mass is 341 g/mol. The molecule has 0 amide bonds. The van der Waals surface area contributed by atoms with Crippen molar-refractivity contribution in [3.8, 4) is 0 Å². The Morgan fingerprint density at radius 3 is 2.20 bits per heavy atom. The smallest absolute Gasteiger partial charge is 0.0329 e. The zero-order valence-corrected chi connectivity index (χ0v) is 17.3. The van der Waals surface area contributed by atoms with Gasteiger partial charge in [0.2, 0.25) is 0 Å². The fourth-order valence-corrected chi connectivity index (χ4v) is 3.56. The third kappa shape index (κ3) is 7.04. The predicted molar refractivity (Wildman–Crippen MR) is 115 cm³/mol. The molecule has 0 radical (unpaired) electrons. The van der Waals surface area contributed by atoms with E-state index in [2.05, 4.69) is 56.8 Å². The molecule has 3 atom stereocenters. The van der Waals surface area contributed by atoms with Gasteiger partial charge in [0.05, 0.1) is 0 Å². The van der Waals surface area contributed by atoms with Crippen LogP contribution in [0.25, 0.3) is 0 Å². The maximum atomic E-state index is 6.59. The molecule has 1 aromatic carbocycles. The van der Waals surface area contributed by atoms with Crippen molar-refractivity contribution >= 4 is 0 Å². The summed E-state index contributed by atoms with van der Waals surface area (Å²) in [7, 11) is 0. The molecule has 1 fully saturated rings. The number of allylic oxidation sites excluding steroid dienone is 5. The summed E-state index contributed by atoms with van der Waals surface area (Å²) in [5.41, 5.74) is 10.7. The highest BCUT2D eigenvalue weighted by Crippen LogP contribution is 2.44. The lowest BCUT2D eigenvalue weighted by Crippen LogP contribution is -2.25. The lowest BCUT2D eigenvalue weighted by atomic mass is 9.80. The Hall–Kier alpha value is -1.60. The fraction of sp³-hybridized carbons (Fsp3) is 0.500. The Morgan fingerprint density at radius 1 is 1.08 bits per heavy atom. The number of hydrogen-bond acceptors (Lipinski definition) is 1. The van der Waals surface area contributed by atoms with Crippen molar-refractivity contribution in [3.63, 3.8) is 0 Å². The number of rotatable bonds is 5. The van der Waals surface area contributed by atoms with Gasteiger partial charge in [-0.2, -0.15) is 0 Å². The van der Waals surface area contributed by atoms with Crippen molar-refractivity contribution in [1.29, 1.82) is 0 Å². The largest absolute Gasteiger partial charge is 0.324 e. The first-order valence-electron chi connectivity index (χ1n) is 9.92. The van der Waals surface area contributed by atoms with Gasteiger partial charge in [-0.05, 0) is 49.7 Å². The van der Waals surface area contributed by atoms with E-state index in [4.69, 9.17) is 5.73 Å². The third-order valence-electron chi connectivity index (χ3n) is 4.60. The summed E-state index contributed by atoms with van der Waals surface area (Å²) in [4.78, 5) is 0. The zero-order chi connectivity index (χ0) is 19.2. The second-order valence-electron chi connectivity index (χ2n) is 6.19. The summed E-state index contributed by atoms with van der Waals surface area (Å²) in [6.45, 7) is 16.2. The van der Waals surface area contributed by atoms with Crippen LogP contribution < -0.4 is 5.73 Å². The van der Waals surface area contributed by atoms with Crippen LogP contribution in [0.5, 0.6) is 0 Å². The van der Waals surface area contributed by atoms with Gasteiger partial charge in [-0.15, -0.1) is 0 Å². The molecule has 25 heavy (non-hydrogen) atoms. The minimum Gasteiger partial charge on any atom is -0.324 e. The second kappa shape index (κ2) is 13.7. The summed E-state index contributed by atoms with van der Waals surface area (Å²) >= 11 is 0. The Labute approximate surface area is 156 Å². The van der Waals surface area contributed by atoms with Crippen molar-refractivity contribution in [2.45, 2.75) is 66.8 Å². The lowest BCUT2D eigenvalue weighted by Gasteiger charge is -2.28. The first kappa shape index (κ1) is 23.4. The molecule has 0 heterocycles. The van der Waals surface area contributed by atoms with Gasteiger partial charge in [0.15, 0.2) is 0 Å². The van der Waals surface area contributed by atoms with Gasteiger partial charge in [0, 0.05) is 6.04 Å². The van der Waals surface area contributed by atoms with E-state index >= 15 is 0 Å². The molecule has 1 heteroatoms. The van der Waals surface area contributed by atoms with Crippen LogP contribution in [0.15, 0.2) is 66.3 Å². The topological polar surface area (TPSA) is 26.0 Å². The molecule has 0 spiro atoms. The van der Waals surface area contributed by atoms with E-state index in [9.17, 15) is 0 Å². The van der Waals surface area contributed by atoms with Crippen LogP contribution in [0.4, 0.5) is 0 Å². The zero-order valence-electron chi connectivity index (χ0n) is 17.3. The summed E-state index contributed by atoms with van der Waals surface area (Å²) in [6, 6.07) is 10.7. The van der Waals surface area contributed by atoms with E-state index in [0.29, 0.717) is 11.8 Å². The first-order valence-corrected chi connectivity index (χ1v) is 9.92. The molecule has 1 saturated carbocycles. The predicted octanol–water partition coefficient (Wildman–Crippen LogP) is 7.23. The molecule has 0 aliphatic heterocycles. The molecule has 2 N–H and O–H groups in total. The Balaban J connectivity index is 0.00000134. The molecule has 1 nitrogen and oxygen atoms in total. The fourth-order valence-electron chi connectivity index (χ4n) is 3.56. The van der Waals surface area contributed by atoms with E-state index in [1.54, 1.807) is 0 Å². The molecule has 140 valence electrons. The van der Waals surface area contributed by atoms with E-state index in [1.165, 1.54) is 36.0 Å². The van der Waals surface area contributed by atoms with E-state index in [1.807, 2.05) is 39.8 Å². The molecule has 0 bridgehead atoms. The summed E-state index contributed by atoms with van der Waals surface area (Å²) in [5.74, 6) is 1.10. The van der Waals surface area contributed by atoms with Crippen molar-refractivity contribution < 1.29 is 0 Å². The molecule has 0 aromatic heterocycles. The average molecular weight is 342 g/mol. The van der Waals surface area contributed by atoms with Crippen molar-refractivity contribution in [2.24, 2.45) is 17.6 Å². The van der Waals surface area contributed by atoms with Crippen molar-refractivity contribution in [3.05, 3.63) is 71.8 Å². The molecule has 3 unspecified atom stereocenters. The lowest BCUT2D eigenvalue weighted by molar-refractivity contribution is 0.369. The highest BCUT2D eigenvalue weighted by molar-refractivity contribution is 5.31. The summed E-state index contributed by atoms with van der Waals surface area (Å²) in [5, 5.41) is 0. The highest BCUT2D eigenvalue weighted by Gasteiger charge is 2.34. The maximum absolute atomic E-state index is 6.59. The molecule has 1 aliphatic carbocycles. The highest BCUT2D eigenvalue weighted by atomic mass is 14.7. The van der Waals surface area contributed by atoms with Gasteiger partial charge >= 0.3 is 0 Å². The standard InChI is InChI=1S/C20H27N.2C2H6/c1-4-5-12-17(15(2)3)18-13-9-14-19(18)20(21)16-10-7-6-8-11-16;2*1-2/h4-8,10-12,18-20H,1,9,13-14,21H2,2-3H3;2*1-2H3/b12-5-;;. The summed E-state index contributed by atoms with van der Waals surface area (Å²) in [6.07, 6.45) is 9.86. The minimum atomic E-state index is 0.130. The third-order valence-corrected chi connectivity index (χ3v) is 4.60. The normalized spacial score (nSPS) is 20.0. The van der Waals surface area contributed by atoms with Gasteiger partial charge < -0.3 is 5.73 Å². The summed E-state index contributed by atoms with van der Waals surface area (Å²) < 4.78 is 0. The van der Waals surface area contributed by atoms with Gasteiger partial charge in [-0.3, -0.25) is 0 Å². The van der Waals surface area contributed by atoms with Crippen LogP contribution in [-0.2, 0) is 0 Å². The van der Waals surface area contributed by atoms with Crippen LogP contribution in [-0.4, -0.2) is 0 Å². The van der Waals surface area contributed by atoms with E-state index in [0.717, 1.165) is 0 Å². The van der Waals surface area contributed by atoms with Crippen molar-refractivity contribution in [2.75, 3.05) is 0 Å². The average Bonchev–Trinajstić information content (AvgIpc) is 3.14. The quantitative estimate of drug-likeness (QED) is 0.561. The molecular weight excluding hydrogens is 302 g/mol. The van der Waals surface area contributed by atoms with Crippen LogP contribution in [0.3, 0.4) is 0 Å². The van der Waals surface area contributed by atoms with Crippen LogP contribution in [0.1, 0.15) is 72.4 Å². The van der Waals surface area contributed by atoms with E-state index < -0.39 is 0 Å². The van der Waals surface area contributed by atoms with Gasteiger partial charge in [-0.1, -0.05) is 94.8 Å². The molecule has 1 aliphatic rings. The Morgan fingerprint density at radius 2 is 1.68 bits per heavy atom.